The summed E-state index contributed by atoms with van der Waals surface area (Å²) < 4.78 is 18.7. The Labute approximate surface area is 217 Å². The summed E-state index contributed by atoms with van der Waals surface area (Å²) in [4.78, 5) is 1.30. The highest BCUT2D eigenvalue weighted by molar-refractivity contribution is 7.99. The van der Waals surface area contributed by atoms with Crippen LogP contribution in [-0.2, 0) is 13.9 Å². The number of thioether (sulfide) groups is 1. The Morgan fingerprint density at radius 1 is 0.800 bits per heavy atom. The molecule has 0 bridgehead atoms. The summed E-state index contributed by atoms with van der Waals surface area (Å²) in [6.07, 6.45) is 0.992. The summed E-state index contributed by atoms with van der Waals surface area (Å²) in [7, 11) is -0.931. The Kier molecular flexibility index (Phi) is 10.6. The molecule has 0 aliphatic heterocycles. The molecule has 0 aromatic heterocycles. The molecule has 0 heterocycles. The van der Waals surface area contributed by atoms with Crippen molar-refractivity contribution in [1.82, 2.24) is 0 Å². The molecule has 0 unspecified atom stereocenters. The zero-order valence-electron chi connectivity index (χ0n) is 21.8. The average Bonchev–Trinajstić information content (AvgIpc) is 2.87. The smallest absolute Gasteiger partial charge is 0.261 e. The summed E-state index contributed by atoms with van der Waals surface area (Å²) >= 11 is 1.89. The Morgan fingerprint density at radius 3 is 1.80 bits per heavy atom. The van der Waals surface area contributed by atoms with E-state index >= 15 is 0 Å². The van der Waals surface area contributed by atoms with Crippen LogP contribution in [0.5, 0.6) is 0 Å². The number of ether oxygens (including phenoxy) is 2. The molecule has 0 aliphatic rings. The predicted octanol–water partition coefficient (Wildman–Crippen LogP) is 6.37. The van der Waals surface area contributed by atoms with Gasteiger partial charge in [-0.3, -0.25) is 0 Å². The maximum atomic E-state index is 7.16. The van der Waals surface area contributed by atoms with E-state index in [-0.39, 0.29) is 17.9 Å². The largest absolute Gasteiger partial charge is 0.405 e. The highest BCUT2D eigenvalue weighted by atomic mass is 32.2. The van der Waals surface area contributed by atoms with E-state index in [0.29, 0.717) is 12.5 Å². The van der Waals surface area contributed by atoms with E-state index in [4.69, 9.17) is 13.9 Å². The molecule has 0 amide bonds. The van der Waals surface area contributed by atoms with E-state index in [0.717, 1.165) is 12.2 Å². The third-order valence-electron chi connectivity index (χ3n) is 6.50. The maximum Gasteiger partial charge on any atom is 0.261 e. The molecule has 0 fully saturated rings. The predicted molar refractivity (Wildman–Crippen MR) is 151 cm³/mol. The van der Waals surface area contributed by atoms with Crippen molar-refractivity contribution in [2.24, 2.45) is 5.92 Å². The van der Waals surface area contributed by atoms with Crippen LogP contribution in [-0.4, -0.2) is 40.7 Å². The number of methoxy groups -OCH3 is 1. The molecule has 5 heteroatoms. The molecule has 0 saturated carbocycles. The van der Waals surface area contributed by atoms with Crippen LogP contribution in [0.1, 0.15) is 34.1 Å². The molecule has 3 nitrogen and oxygen atoms in total. The number of benzene rings is 3. The van der Waals surface area contributed by atoms with Crippen LogP contribution in [0.15, 0.2) is 95.9 Å². The van der Waals surface area contributed by atoms with Gasteiger partial charge in [0.25, 0.3) is 8.32 Å². The van der Waals surface area contributed by atoms with Gasteiger partial charge >= 0.3 is 0 Å². The zero-order chi connectivity index (χ0) is 25.2. The third kappa shape index (κ3) is 7.31. The molecule has 0 saturated heterocycles. The Balaban J connectivity index is 1.83. The van der Waals surface area contributed by atoms with E-state index in [9.17, 15) is 0 Å². The van der Waals surface area contributed by atoms with Gasteiger partial charge in [-0.1, -0.05) is 107 Å². The standard InChI is InChI=1S/C30H40O3SSi/c1-25(21-22-34-26-15-9-6-10-16-26)29(32-24-31-5)23-33-35(30(2,3)4,27-17-11-7-12-18-27)28-19-13-8-14-20-28/h6-20,25,29H,21-24H2,1-5H3/t25-,29+/m0/s1. The molecule has 3 aromatic carbocycles. The average molecular weight is 509 g/mol. The van der Waals surface area contributed by atoms with Crippen LogP contribution in [0.4, 0.5) is 0 Å². The SMILES string of the molecule is COCO[C@H](CO[Si](c1ccccc1)(c1ccccc1)C(C)(C)C)[C@@H](C)CCSc1ccccc1. The van der Waals surface area contributed by atoms with Gasteiger partial charge in [0.1, 0.15) is 6.79 Å². The molecule has 35 heavy (non-hydrogen) atoms. The second-order valence-electron chi connectivity index (χ2n) is 10.0. The molecule has 0 spiro atoms. The van der Waals surface area contributed by atoms with Gasteiger partial charge in [-0.2, -0.15) is 0 Å². The molecular weight excluding hydrogens is 468 g/mol. The van der Waals surface area contributed by atoms with Crippen LogP contribution in [0.2, 0.25) is 5.04 Å². The minimum atomic E-state index is -2.61. The van der Waals surface area contributed by atoms with Crippen LogP contribution in [0.3, 0.4) is 0 Å². The van der Waals surface area contributed by atoms with Crippen LogP contribution < -0.4 is 10.4 Å². The second kappa shape index (κ2) is 13.4. The summed E-state index contributed by atoms with van der Waals surface area (Å²) in [5.41, 5.74) is 0. The second-order valence-corrected chi connectivity index (χ2v) is 15.5. The zero-order valence-corrected chi connectivity index (χ0v) is 23.6. The first-order valence-electron chi connectivity index (χ1n) is 12.4. The van der Waals surface area contributed by atoms with E-state index < -0.39 is 8.32 Å². The molecule has 3 aromatic rings. The minimum Gasteiger partial charge on any atom is -0.405 e. The van der Waals surface area contributed by atoms with Crippen LogP contribution in [0, 0.1) is 5.92 Å². The molecule has 188 valence electrons. The lowest BCUT2D eigenvalue weighted by atomic mass is 10.0. The third-order valence-corrected chi connectivity index (χ3v) is 12.6. The minimum absolute atomic E-state index is 0.0482. The summed E-state index contributed by atoms with van der Waals surface area (Å²) in [5, 5.41) is 2.52. The first-order chi connectivity index (χ1) is 16.9. The summed E-state index contributed by atoms with van der Waals surface area (Å²) in [5.74, 6) is 1.37. The maximum absolute atomic E-state index is 7.16. The van der Waals surface area contributed by atoms with E-state index in [1.165, 1.54) is 15.3 Å². The van der Waals surface area contributed by atoms with Crippen molar-refractivity contribution >= 4 is 30.5 Å². The fourth-order valence-electron chi connectivity index (χ4n) is 4.57. The van der Waals surface area contributed by atoms with Crippen molar-refractivity contribution in [1.29, 1.82) is 0 Å². The van der Waals surface area contributed by atoms with Crippen LogP contribution >= 0.6 is 11.8 Å². The van der Waals surface area contributed by atoms with Gasteiger partial charge in [-0.25, -0.2) is 0 Å². The lowest BCUT2D eigenvalue weighted by Gasteiger charge is -2.44. The topological polar surface area (TPSA) is 27.7 Å². The summed E-state index contributed by atoms with van der Waals surface area (Å²) in [6, 6.07) is 32.1. The van der Waals surface area contributed by atoms with Gasteiger partial charge in [0.05, 0.1) is 12.7 Å². The normalized spacial score (nSPS) is 14.0. The number of hydrogen-bond acceptors (Lipinski definition) is 4. The van der Waals surface area contributed by atoms with Crippen molar-refractivity contribution in [2.45, 2.75) is 50.2 Å². The van der Waals surface area contributed by atoms with Gasteiger partial charge in [0.15, 0.2) is 0 Å². The lowest BCUT2D eigenvalue weighted by Crippen LogP contribution is -2.67. The van der Waals surface area contributed by atoms with Gasteiger partial charge < -0.3 is 13.9 Å². The Morgan fingerprint density at radius 2 is 1.31 bits per heavy atom. The van der Waals surface area contributed by atoms with Crippen molar-refractivity contribution < 1.29 is 13.9 Å². The van der Waals surface area contributed by atoms with Crippen molar-refractivity contribution in [3.63, 3.8) is 0 Å². The quantitative estimate of drug-likeness (QED) is 0.152. The van der Waals surface area contributed by atoms with Gasteiger partial charge in [-0.15, -0.1) is 11.8 Å². The van der Waals surface area contributed by atoms with Crippen molar-refractivity contribution in [3.8, 4) is 0 Å². The molecule has 3 rings (SSSR count). The van der Waals surface area contributed by atoms with E-state index in [1.807, 2.05) is 11.8 Å². The van der Waals surface area contributed by atoms with Gasteiger partial charge in [0, 0.05) is 12.0 Å². The number of rotatable bonds is 13. The molecular formula is C30H40O3SSi. The fraction of sp³-hybridized carbons (Fsp3) is 0.400. The van der Waals surface area contributed by atoms with Gasteiger partial charge in [-0.05, 0) is 45.6 Å². The van der Waals surface area contributed by atoms with Gasteiger partial charge in [0.2, 0.25) is 0 Å². The molecule has 0 N–H and O–H groups in total. The van der Waals surface area contributed by atoms with Crippen molar-refractivity contribution in [3.05, 3.63) is 91.0 Å². The summed E-state index contributed by atoms with van der Waals surface area (Å²) in [6.45, 7) is 10.00. The Bertz CT molecular complexity index is 937. The monoisotopic (exact) mass is 508 g/mol. The van der Waals surface area contributed by atoms with Crippen molar-refractivity contribution in [2.75, 3.05) is 26.3 Å². The number of hydrogen-bond donors (Lipinski definition) is 0. The Hall–Kier alpha value is -1.89. The van der Waals surface area contributed by atoms with E-state index in [1.54, 1.807) is 7.11 Å². The van der Waals surface area contributed by atoms with E-state index in [2.05, 4.69) is 119 Å². The van der Waals surface area contributed by atoms with Crippen LogP contribution in [0.25, 0.3) is 0 Å². The lowest BCUT2D eigenvalue weighted by molar-refractivity contribution is -0.103. The molecule has 0 aliphatic carbocycles. The fourth-order valence-corrected chi connectivity index (χ4v) is 10.2. The first-order valence-corrected chi connectivity index (χ1v) is 15.3. The molecule has 0 radical (unpaired) electrons. The highest BCUT2D eigenvalue weighted by Crippen LogP contribution is 2.37. The first kappa shape index (κ1) is 27.7. The molecule has 2 atom stereocenters. The highest BCUT2D eigenvalue weighted by Gasteiger charge is 2.50.